The Balaban J connectivity index is 1.42. The molecule has 1 N–H and O–H groups in total. The highest BCUT2D eigenvalue weighted by Crippen LogP contribution is 2.24. The fraction of sp³-hybridized carbons (Fsp3) is 0.250. The van der Waals surface area contributed by atoms with Crippen molar-refractivity contribution in [1.82, 2.24) is 8.87 Å². The van der Waals surface area contributed by atoms with Crippen LogP contribution in [0.15, 0.2) is 76.6 Å². The summed E-state index contributed by atoms with van der Waals surface area (Å²) in [6.07, 6.45) is 2.86. The summed E-state index contributed by atoms with van der Waals surface area (Å²) < 4.78 is 33.8. The number of hydrogen-bond acceptors (Lipinski definition) is 5. The summed E-state index contributed by atoms with van der Waals surface area (Å²) in [5.41, 5.74) is 1.17. The van der Waals surface area contributed by atoms with Gasteiger partial charge in [0.2, 0.25) is 15.9 Å². The number of aromatic nitrogens is 1. The van der Waals surface area contributed by atoms with Crippen molar-refractivity contribution in [3.8, 4) is 11.5 Å². The Morgan fingerprint density at radius 1 is 1.00 bits per heavy atom. The quantitative estimate of drug-likeness (QED) is 0.575. The first-order valence-electron chi connectivity index (χ1n) is 10.7. The first kappa shape index (κ1) is 22.8. The molecule has 9 heteroatoms. The third kappa shape index (κ3) is 5.50. The molecule has 0 spiro atoms. The molecule has 1 fully saturated rings. The molecule has 2 heterocycles. The lowest BCUT2D eigenvalue weighted by Gasteiger charge is -2.16. The fourth-order valence-corrected chi connectivity index (χ4v) is 5.18. The van der Waals surface area contributed by atoms with Crippen molar-refractivity contribution in [3.05, 3.63) is 82.8 Å². The Morgan fingerprint density at radius 3 is 2.42 bits per heavy atom. The highest BCUT2D eigenvalue weighted by atomic mass is 32.2. The van der Waals surface area contributed by atoms with E-state index in [1.807, 2.05) is 31.2 Å². The molecule has 8 nitrogen and oxygen atoms in total. The van der Waals surface area contributed by atoms with Crippen LogP contribution in [0, 0.1) is 6.92 Å². The van der Waals surface area contributed by atoms with E-state index in [4.69, 9.17) is 4.74 Å². The summed E-state index contributed by atoms with van der Waals surface area (Å²) in [4.78, 5) is 24.7. The van der Waals surface area contributed by atoms with Crippen molar-refractivity contribution in [2.45, 2.75) is 31.2 Å². The molecule has 0 unspecified atom stereocenters. The third-order valence-electron chi connectivity index (χ3n) is 5.34. The molecule has 4 rings (SSSR count). The molecule has 2 aromatic carbocycles. The van der Waals surface area contributed by atoms with Gasteiger partial charge in [0.05, 0.1) is 4.90 Å². The van der Waals surface area contributed by atoms with E-state index in [0.29, 0.717) is 24.5 Å². The summed E-state index contributed by atoms with van der Waals surface area (Å²) in [5, 5.41) is 2.72. The maximum absolute atomic E-state index is 12.8. The van der Waals surface area contributed by atoms with Crippen LogP contribution < -0.4 is 15.6 Å². The van der Waals surface area contributed by atoms with Crippen molar-refractivity contribution >= 4 is 21.6 Å². The second kappa shape index (κ2) is 9.60. The predicted octanol–water partition coefficient (Wildman–Crippen LogP) is 3.37. The topological polar surface area (TPSA) is 97.7 Å². The zero-order valence-corrected chi connectivity index (χ0v) is 19.0. The lowest BCUT2D eigenvalue weighted by molar-refractivity contribution is -0.116. The smallest absolute Gasteiger partial charge is 0.251 e. The number of carbonyl (C=O) groups is 1. The summed E-state index contributed by atoms with van der Waals surface area (Å²) in [7, 11) is -3.68. The number of nitrogens with one attached hydrogen (secondary N) is 1. The molecule has 0 bridgehead atoms. The Labute approximate surface area is 192 Å². The summed E-state index contributed by atoms with van der Waals surface area (Å²) in [5.74, 6) is 0.893. The molecule has 3 aromatic rings. The summed E-state index contributed by atoms with van der Waals surface area (Å²) >= 11 is 0. The number of hydrogen-bond donors (Lipinski definition) is 1. The van der Waals surface area contributed by atoms with Gasteiger partial charge in [-0.1, -0.05) is 12.1 Å². The van der Waals surface area contributed by atoms with E-state index in [0.717, 1.165) is 28.7 Å². The number of rotatable bonds is 7. The van der Waals surface area contributed by atoms with Gasteiger partial charge in [-0.2, -0.15) is 4.31 Å². The van der Waals surface area contributed by atoms with Crippen LogP contribution in [0.25, 0.3) is 0 Å². The number of sulfonamides is 1. The van der Waals surface area contributed by atoms with Gasteiger partial charge in [-0.05, 0) is 67.8 Å². The zero-order valence-electron chi connectivity index (χ0n) is 18.2. The number of carbonyl (C=O) groups excluding carboxylic acids is 1. The Hall–Kier alpha value is -3.43. The summed E-state index contributed by atoms with van der Waals surface area (Å²) in [6, 6.07) is 17.0. The molecule has 1 aliphatic rings. The highest BCUT2D eigenvalue weighted by molar-refractivity contribution is 7.89. The first-order valence-corrected chi connectivity index (χ1v) is 12.1. The third-order valence-corrected chi connectivity index (χ3v) is 7.22. The van der Waals surface area contributed by atoms with Gasteiger partial charge >= 0.3 is 0 Å². The van der Waals surface area contributed by atoms with Gasteiger partial charge in [-0.25, -0.2) is 8.42 Å². The number of benzene rings is 2. The first-order chi connectivity index (χ1) is 15.8. The molecular formula is C24H25N3O5S. The number of aryl methyl sites for hydroxylation is 1. The largest absolute Gasteiger partial charge is 0.457 e. The second-order valence-electron chi connectivity index (χ2n) is 7.93. The average Bonchev–Trinajstić information content (AvgIpc) is 3.32. The molecule has 0 radical (unpaired) electrons. The maximum atomic E-state index is 12.8. The maximum Gasteiger partial charge on any atom is 0.251 e. The van der Waals surface area contributed by atoms with Crippen LogP contribution in [0.4, 0.5) is 5.69 Å². The van der Waals surface area contributed by atoms with E-state index >= 15 is 0 Å². The number of pyridine rings is 1. The van der Waals surface area contributed by atoms with Crippen molar-refractivity contribution in [3.63, 3.8) is 0 Å². The van der Waals surface area contributed by atoms with Gasteiger partial charge in [0, 0.05) is 31.0 Å². The van der Waals surface area contributed by atoms with Gasteiger partial charge in [0.15, 0.2) is 0 Å². The molecule has 1 aromatic heterocycles. The van der Waals surface area contributed by atoms with E-state index < -0.39 is 21.5 Å². The number of ether oxygens (including phenoxy) is 1. The van der Waals surface area contributed by atoms with Gasteiger partial charge in [-0.3, -0.25) is 9.59 Å². The Morgan fingerprint density at radius 2 is 1.73 bits per heavy atom. The fourth-order valence-electron chi connectivity index (χ4n) is 3.64. The SMILES string of the molecule is Cc1cccc(Oc2ccc(NC(=O)Cn3cc(S(=O)(=O)N4CCCC4)ccc3=O)cc2)c1. The standard InChI is InChI=1S/C24H25N3O5S/c1-18-5-4-6-21(15-18)32-20-9-7-19(8-10-20)25-23(28)17-26-16-22(11-12-24(26)29)33(30,31)27-13-2-3-14-27/h4-12,15-16H,2-3,13-14,17H2,1H3,(H,25,28). The lowest BCUT2D eigenvalue weighted by atomic mass is 10.2. The Kier molecular flexibility index (Phi) is 6.62. The predicted molar refractivity (Wildman–Crippen MR) is 125 cm³/mol. The van der Waals surface area contributed by atoms with Gasteiger partial charge in [0.25, 0.3) is 5.56 Å². The number of amides is 1. The minimum atomic E-state index is -3.68. The minimum absolute atomic E-state index is 0.00875. The van der Waals surface area contributed by atoms with Crippen molar-refractivity contribution in [2.24, 2.45) is 0 Å². The van der Waals surface area contributed by atoms with Crippen LogP contribution in [0.1, 0.15) is 18.4 Å². The number of anilines is 1. The second-order valence-corrected chi connectivity index (χ2v) is 9.87. The van der Waals surface area contributed by atoms with Crippen LogP contribution in [-0.2, 0) is 21.4 Å². The molecule has 1 amide bonds. The van der Waals surface area contributed by atoms with Crippen molar-refractivity contribution in [2.75, 3.05) is 18.4 Å². The van der Waals surface area contributed by atoms with Gasteiger partial charge < -0.3 is 14.6 Å². The normalized spacial score (nSPS) is 14.2. The minimum Gasteiger partial charge on any atom is -0.457 e. The van der Waals surface area contributed by atoms with E-state index in [-0.39, 0.29) is 11.4 Å². The van der Waals surface area contributed by atoms with Crippen LogP contribution in [0.5, 0.6) is 11.5 Å². The molecule has 0 saturated carbocycles. The van der Waals surface area contributed by atoms with Gasteiger partial charge in [-0.15, -0.1) is 0 Å². The lowest BCUT2D eigenvalue weighted by Crippen LogP contribution is -2.31. The van der Waals surface area contributed by atoms with E-state index in [1.54, 1.807) is 24.3 Å². The van der Waals surface area contributed by atoms with E-state index in [9.17, 15) is 18.0 Å². The van der Waals surface area contributed by atoms with Crippen LogP contribution in [0.3, 0.4) is 0 Å². The molecule has 0 atom stereocenters. The summed E-state index contributed by atoms with van der Waals surface area (Å²) in [6.45, 7) is 2.61. The monoisotopic (exact) mass is 467 g/mol. The van der Waals surface area contributed by atoms with E-state index in [1.165, 1.54) is 22.6 Å². The molecule has 1 aliphatic heterocycles. The molecule has 33 heavy (non-hydrogen) atoms. The molecule has 172 valence electrons. The molecule has 0 aliphatic carbocycles. The molecular weight excluding hydrogens is 442 g/mol. The van der Waals surface area contributed by atoms with E-state index in [2.05, 4.69) is 5.32 Å². The van der Waals surface area contributed by atoms with Crippen molar-refractivity contribution in [1.29, 1.82) is 0 Å². The van der Waals surface area contributed by atoms with Crippen molar-refractivity contribution < 1.29 is 17.9 Å². The Bertz CT molecular complexity index is 1310. The highest BCUT2D eigenvalue weighted by Gasteiger charge is 2.27. The molecule has 1 saturated heterocycles. The number of nitrogens with zero attached hydrogens (tertiary/aromatic N) is 2. The zero-order chi connectivity index (χ0) is 23.4. The van der Waals surface area contributed by atoms with Crippen LogP contribution >= 0.6 is 0 Å². The average molecular weight is 468 g/mol. The van der Waals surface area contributed by atoms with Gasteiger partial charge in [0.1, 0.15) is 18.0 Å². The van der Waals surface area contributed by atoms with Crippen LogP contribution in [0.2, 0.25) is 0 Å². The van der Waals surface area contributed by atoms with Crippen LogP contribution in [-0.4, -0.2) is 36.3 Å².